The molecule has 2 aromatic carbocycles. The Morgan fingerprint density at radius 3 is 2.45 bits per heavy atom. The van der Waals surface area contributed by atoms with Gasteiger partial charge in [0.1, 0.15) is 17.2 Å². The maximum absolute atomic E-state index is 10.8. The zero-order valence-electron chi connectivity index (χ0n) is 10.1. The van der Waals surface area contributed by atoms with Crippen molar-refractivity contribution in [1.82, 2.24) is 0 Å². The summed E-state index contributed by atoms with van der Waals surface area (Å²) in [6.45, 7) is 0. The molecule has 0 amide bonds. The van der Waals surface area contributed by atoms with Crippen LogP contribution >= 0.6 is 23.2 Å². The fourth-order valence-corrected chi connectivity index (χ4v) is 2.05. The summed E-state index contributed by atoms with van der Waals surface area (Å²) in [7, 11) is 0. The van der Waals surface area contributed by atoms with Gasteiger partial charge in [-0.2, -0.15) is 0 Å². The lowest BCUT2D eigenvalue weighted by Gasteiger charge is -2.11. The van der Waals surface area contributed by atoms with Gasteiger partial charge in [0.25, 0.3) is 0 Å². The molecule has 20 heavy (non-hydrogen) atoms. The highest BCUT2D eigenvalue weighted by molar-refractivity contribution is 6.32. The molecule has 4 nitrogen and oxygen atoms in total. The van der Waals surface area contributed by atoms with Crippen LogP contribution in [0.1, 0.15) is 5.56 Å². The number of phenols is 1. The number of hydrogen-bond donors (Lipinski definition) is 2. The van der Waals surface area contributed by atoms with Crippen molar-refractivity contribution in [3.05, 3.63) is 52.0 Å². The van der Waals surface area contributed by atoms with E-state index in [-0.39, 0.29) is 17.2 Å². The molecule has 0 radical (unpaired) electrons. The van der Waals surface area contributed by atoms with Crippen LogP contribution < -0.4 is 4.74 Å². The van der Waals surface area contributed by atoms with Crippen LogP contribution in [0.15, 0.2) is 36.4 Å². The Morgan fingerprint density at radius 2 is 1.80 bits per heavy atom. The van der Waals surface area contributed by atoms with Gasteiger partial charge in [-0.1, -0.05) is 23.2 Å². The van der Waals surface area contributed by atoms with Crippen molar-refractivity contribution in [2.24, 2.45) is 0 Å². The minimum atomic E-state index is -0.992. The number of aromatic hydroxyl groups is 1. The molecule has 0 fully saturated rings. The number of aliphatic carboxylic acids is 1. The van der Waals surface area contributed by atoms with Crippen molar-refractivity contribution < 1.29 is 19.7 Å². The van der Waals surface area contributed by atoms with E-state index in [2.05, 4.69) is 0 Å². The average Bonchev–Trinajstić information content (AvgIpc) is 2.34. The molecule has 0 saturated heterocycles. The molecular formula is C14H10Cl2O4. The zero-order valence-corrected chi connectivity index (χ0v) is 11.6. The molecule has 0 aromatic heterocycles. The molecular weight excluding hydrogens is 303 g/mol. The van der Waals surface area contributed by atoms with E-state index < -0.39 is 5.97 Å². The summed E-state index contributed by atoms with van der Waals surface area (Å²) >= 11 is 11.8. The second-order valence-corrected chi connectivity index (χ2v) is 4.88. The van der Waals surface area contributed by atoms with Gasteiger partial charge >= 0.3 is 5.97 Å². The summed E-state index contributed by atoms with van der Waals surface area (Å²) in [6.07, 6.45) is -0.217. The Labute approximate surface area is 125 Å². The zero-order chi connectivity index (χ0) is 14.7. The Balaban J connectivity index is 2.35. The van der Waals surface area contributed by atoms with E-state index in [0.717, 1.165) is 0 Å². The standard InChI is InChI=1S/C14H10Cl2O4/c15-9-1-3-12(8(5-9)6-14(18)19)20-13-4-2-10(17)7-11(13)16/h1-5,7,17H,6H2,(H,18,19). The van der Waals surface area contributed by atoms with Gasteiger partial charge in [-0.25, -0.2) is 0 Å². The van der Waals surface area contributed by atoms with Gasteiger partial charge in [-0.15, -0.1) is 0 Å². The third-order valence-corrected chi connectivity index (χ3v) is 3.03. The van der Waals surface area contributed by atoms with Crippen LogP contribution in [-0.4, -0.2) is 16.2 Å². The number of benzene rings is 2. The van der Waals surface area contributed by atoms with E-state index >= 15 is 0 Å². The topological polar surface area (TPSA) is 66.8 Å². The first-order valence-corrected chi connectivity index (χ1v) is 6.38. The number of phenolic OH excluding ortho intramolecular Hbond substituents is 1. The van der Waals surface area contributed by atoms with Crippen LogP contribution in [-0.2, 0) is 11.2 Å². The number of ether oxygens (including phenoxy) is 1. The van der Waals surface area contributed by atoms with Gasteiger partial charge in [0, 0.05) is 16.7 Å². The third kappa shape index (κ3) is 3.56. The third-order valence-electron chi connectivity index (χ3n) is 2.50. The molecule has 0 aliphatic carbocycles. The van der Waals surface area contributed by atoms with E-state index in [0.29, 0.717) is 22.1 Å². The Bertz CT molecular complexity index is 656. The molecule has 2 aromatic rings. The number of carboxylic acids is 1. The SMILES string of the molecule is O=C(O)Cc1cc(Cl)ccc1Oc1ccc(O)cc1Cl. The highest BCUT2D eigenvalue weighted by Crippen LogP contribution is 2.34. The molecule has 0 unspecified atom stereocenters. The molecule has 0 spiro atoms. The normalized spacial score (nSPS) is 10.3. The lowest BCUT2D eigenvalue weighted by molar-refractivity contribution is -0.136. The monoisotopic (exact) mass is 312 g/mol. The number of carbonyl (C=O) groups is 1. The van der Waals surface area contributed by atoms with Crippen molar-refractivity contribution in [1.29, 1.82) is 0 Å². The number of hydrogen-bond acceptors (Lipinski definition) is 3. The summed E-state index contributed by atoms with van der Waals surface area (Å²) in [4.78, 5) is 10.8. The summed E-state index contributed by atoms with van der Waals surface area (Å²) in [5.41, 5.74) is 0.439. The predicted octanol–water partition coefficient (Wildman–Crippen LogP) is 4.12. The highest BCUT2D eigenvalue weighted by Gasteiger charge is 2.11. The lowest BCUT2D eigenvalue weighted by Crippen LogP contribution is -2.02. The van der Waals surface area contributed by atoms with Gasteiger partial charge in [0.15, 0.2) is 0 Å². The van der Waals surface area contributed by atoms with Crippen molar-refractivity contribution in [2.75, 3.05) is 0 Å². The number of rotatable bonds is 4. The first-order chi connectivity index (χ1) is 9.45. The van der Waals surface area contributed by atoms with E-state index in [1.807, 2.05) is 0 Å². The quantitative estimate of drug-likeness (QED) is 0.891. The molecule has 2 N–H and O–H groups in total. The smallest absolute Gasteiger partial charge is 0.307 e. The minimum absolute atomic E-state index is 0.0178. The molecule has 0 saturated carbocycles. The average molecular weight is 313 g/mol. The minimum Gasteiger partial charge on any atom is -0.508 e. The Hall–Kier alpha value is -1.91. The molecule has 0 atom stereocenters. The Kier molecular flexibility index (Phi) is 4.37. The number of halogens is 2. The van der Waals surface area contributed by atoms with E-state index in [1.54, 1.807) is 12.1 Å². The second-order valence-electron chi connectivity index (χ2n) is 4.04. The summed E-state index contributed by atoms with van der Waals surface area (Å²) < 4.78 is 5.59. The van der Waals surface area contributed by atoms with E-state index in [9.17, 15) is 9.90 Å². The molecule has 104 valence electrons. The molecule has 0 heterocycles. The van der Waals surface area contributed by atoms with E-state index in [1.165, 1.54) is 24.3 Å². The fourth-order valence-electron chi connectivity index (χ4n) is 1.64. The van der Waals surface area contributed by atoms with Gasteiger partial charge < -0.3 is 14.9 Å². The van der Waals surface area contributed by atoms with E-state index in [4.69, 9.17) is 33.0 Å². The van der Waals surface area contributed by atoms with Gasteiger partial charge in [-0.3, -0.25) is 4.79 Å². The van der Waals surface area contributed by atoms with Crippen molar-refractivity contribution >= 4 is 29.2 Å². The van der Waals surface area contributed by atoms with Gasteiger partial charge in [0.05, 0.1) is 11.4 Å². The van der Waals surface area contributed by atoms with Crippen LogP contribution in [0.25, 0.3) is 0 Å². The van der Waals surface area contributed by atoms with Gasteiger partial charge in [-0.05, 0) is 30.3 Å². The molecule has 6 heteroatoms. The summed E-state index contributed by atoms with van der Waals surface area (Å²) in [6, 6.07) is 8.95. The van der Waals surface area contributed by atoms with Crippen LogP contribution in [0.4, 0.5) is 0 Å². The van der Waals surface area contributed by atoms with Crippen LogP contribution in [0.2, 0.25) is 10.0 Å². The van der Waals surface area contributed by atoms with Crippen LogP contribution in [0.3, 0.4) is 0 Å². The van der Waals surface area contributed by atoms with Crippen molar-refractivity contribution in [2.45, 2.75) is 6.42 Å². The van der Waals surface area contributed by atoms with Crippen LogP contribution in [0, 0.1) is 0 Å². The largest absolute Gasteiger partial charge is 0.508 e. The lowest BCUT2D eigenvalue weighted by atomic mass is 10.1. The predicted molar refractivity (Wildman–Crippen MR) is 76.0 cm³/mol. The fraction of sp³-hybridized carbons (Fsp3) is 0.0714. The Morgan fingerprint density at radius 1 is 1.10 bits per heavy atom. The second kappa shape index (κ2) is 6.03. The number of carboxylic acid groups (broad SMARTS) is 1. The van der Waals surface area contributed by atoms with Gasteiger partial charge in [0.2, 0.25) is 0 Å². The first kappa shape index (κ1) is 14.5. The maximum Gasteiger partial charge on any atom is 0.307 e. The molecule has 0 aliphatic heterocycles. The molecule has 2 rings (SSSR count). The maximum atomic E-state index is 10.8. The summed E-state index contributed by atoms with van der Waals surface area (Å²) in [5.74, 6) is -0.305. The van der Waals surface area contributed by atoms with Crippen molar-refractivity contribution in [3.63, 3.8) is 0 Å². The van der Waals surface area contributed by atoms with Crippen LogP contribution in [0.5, 0.6) is 17.2 Å². The first-order valence-electron chi connectivity index (χ1n) is 5.62. The molecule has 0 aliphatic rings. The summed E-state index contributed by atoms with van der Waals surface area (Å²) in [5, 5.41) is 18.8. The highest BCUT2D eigenvalue weighted by atomic mass is 35.5. The molecule has 0 bridgehead atoms. The van der Waals surface area contributed by atoms with Crippen molar-refractivity contribution in [3.8, 4) is 17.2 Å².